The number of hydrogen-bond acceptors (Lipinski definition) is 2. The van der Waals surface area contributed by atoms with Crippen LogP contribution in [0, 0.1) is 0 Å². The normalized spacial score (nSPS) is 20.3. The molecule has 1 heterocycles. The van der Waals surface area contributed by atoms with Gasteiger partial charge in [0.2, 0.25) is 0 Å². The van der Waals surface area contributed by atoms with Crippen LogP contribution < -0.4 is 10.2 Å². The zero-order chi connectivity index (χ0) is 12.9. The molecule has 0 atom stereocenters. The van der Waals surface area contributed by atoms with E-state index in [1.165, 1.54) is 57.2 Å². The number of fused-ring (bicyclic) bond motifs is 1. The fraction of sp³-hybridized carbons (Fsp3) is 0.647. The summed E-state index contributed by atoms with van der Waals surface area (Å²) in [5.41, 5.74) is 3.02. The highest BCUT2D eigenvalue weighted by Crippen LogP contribution is 2.25. The first-order valence-electron chi connectivity index (χ1n) is 8.00. The van der Waals surface area contributed by atoms with E-state index >= 15 is 0 Å². The molecule has 0 bridgehead atoms. The lowest BCUT2D eigenvalue weighted by Crippen LogP contribution is -2.36. The lowest BCUT2D eigenvalue weighted by atomic mass is 10.1. The molecular formula is C17H26N2. The average Bonchev–Trinajstić information content (AvgIpc) is 2.87. The minimum atomic E-state index is 0.794. The van der Waals surface area contributed by atoms with E-state index in [0.29, 0.717) is 0 Å². The Bertz CT molecular complexity index is 396. The molecule has 1 saturated carbocycles. The predicted molar refractivity (Wildman–Crippen MR) is 81.9 cm³/mol. The molecule has 1 aliphatic heterocycles. The molecule has 0 radical (unpaired) electrons. The minimum absolute atomic E-state index is 0.794. The van der Waals surface area contributed by atoms with E-state index in [-0.39, 0.29) is 0 Å². The van der Waals surface area contributed by atoms with Crippen molar-refractivity contribution in [1.82, 2.24) is 5.32 Å². The molecule has 1 aromatic carbocycles. The molecule has 2 nitrogen and oxygen atoms in total. The summed E-state index contributed by atoms with van der Waals surface area (Å²) in [6.07, 6.45) is 9.53. The summed E-state index contributed by atoms with van der Waals surface area (Å²) in [6.45, 7) is 3.52. The Labute approximate surface area is 117 Å². The van der Waals surface area contributed by atoms with Crippen molar-refractivity contribution in [3.8, 4) is 0 Å². The standard InChI is InChI=1S/C17H26N2/c1-4-11-17-15(7-1)8-5-6-13-19(17)14-12-18-16-9-2-3-10-16/h1,4,7,11,16,18H,2-3,5-6,8-10,12-14H2. The van der Waals surface area contributed by atoms with Crippen LogP contribution in [0.15, 0.2) is 24.3 Å². The average molecular weight is 258 g/mol. The van der Waals surface area contributed by atoms with Crippen LogP contribution >= 0.6 is 0 Å². The second kappa shape index (κ2) is 6.42. The molecule has 0 amide bonds. The highest BCUT2D eigenvalue weighted by Gasteiger charge is 2.16. The van der Waals surface area contributed by atoms with Crippen molar-refractivity contribution in [1.29, 1.82) is 0 Å². The van der Waals surface area contributed by atoms with Crippen molar-refractivity contribution < 1.29 is 0 Å². The number of anilines is 1. The summed E-state index contributed by atoms with van der Waals surface area (Å²) in [4.78, 5) is 2.59. The summed E-state index contributed by atoms with van der Waals surface area (Å²) >= 11 is 0. The zero-order valence-corrected chi connectivity index (χ0v) is 11.9. The van der Waals surface area contributed by atoms with Crippen LogP contribution in [0.25, 0.3) is 0 Å². The molecular weight excluding hydrogens is 232 g/mol. The Balaban J connectivity index is 1.57. The van der Waals surface area contributed by atoms with Gasteiger partial charge in [-0.05, 0) is 43.7 Å². The van der Waals surface area contributed by atoms with Gasteiger partial charge in [0, 0.05) is 31.4 Å². The summed E-state index contributed by atoms with van der Waals surface area (Å²) in [5, 5.41) is 3.74. The van der Waals surface area contributed by atoms with Crippen LogP contribution in [-0.2, 0) is 6.42 Å². The molecule has 3 rings (SSSR count). The van der Waals surface area contributed by atoms with Gasteiger partial charge in [-0.3, -0.25) is 0 Å². The smallest absolute Gasteiger partial charge is 0.0399 e. The molecule has 1 N–H and O–H groups in total. The van der Waals surface area contributed by atoms with E-state index in [4.69, 9.17) is 0 Å². The van der Waals surface area contributed by atoms with Crippen LogP contribution in [-0.4, -0.2) is 25.7 Å². The third-order valence-corrected chi connectivity index (χ3v) is 4.63. The number of hydrogen-bond donors (Lipinski definition) is 1. The first-order chi connectivity index (χ1) is 9.43. The number of nitrogens with one attached hydrogen (secondary N) is 1. The molecule has 104 valence electrons. The molecule has 0 unspecified atom stereocenters. The van der Waals surface area contributed by atoms with Crippen LogP contribution in [0.2, 0.25) is 0 Å². The fourth-order valence-corrected chi connectivity index (χ4v) is 3.54. The summed E-state index contributed by atoms with van der Waals surface area (Å²) in [7, 11) is 0. The van der Waals surface area contributed by atoms with Crippen molar-refractivity contribution in [2.24, 2.45) is 0 Å². The van der Waals surface area contributed by atoms with Crippen LogP contribution in [0.4, 0.5) is 5.69 Å². The van der Waals surface area contributed by atoms with Gasteiger partial charge >= 0.3 is 0 Å². The second-order valence-corrected chi connectivity index (χ2v) is 6.01. The molecule has 1 fully saturated rings. The zero-order valence-electron chi connectivity index (χ0n) is 11.9. The van der Waals surface area contributed by atoms with Crippen molar-refractivity contribution in [3.05, 3.63) is 29.8 Å². The van der Waals surface area contributed by atoms with Gasteiger partial charge < -0.3 is 10.2 Å². The van der Waals surface area contributed by atoms with E-state index < -0.39 is 0 Å². The van der Waals surface area contributed by atoms with E-state index in [1.807, 2.05) is 0 Å². The lowest BCUT2D eigenvalue weighted by Gasteiger charge is -2.26. The van der Waals surface area contributed by atoms with E-state index in [0.717, 1.165) is 19.1 Å². The third-order valence-electron chi connectivity index (χ3n) is 4.63. The van der Waals surface area contributed by atoms with Gasteiger partial charge in [-0.1, -0.05) is 31.0 Å². The molecule has 19 heavy (non-hydrogen) atoms. The Hall–Kier alpha value is -1.02. The van der Waals surface area contributed by atoms with Gasteiger partial charge in [0.1, 0.15) is 0 Å². The number of benzene rings is 1. The maximum Gasteiger partial charge on any atom is 0.0399 e. The second-order valence-electron chi connectivity index (χ2n) is 6.01. The highest BCUT2D eigenvalue weighted by atomic mass is 15.1. The van der Waals surface area contributed by atoms with Crippen molar-refractivity contribution in [3.63, 3.8) is 0 Å². The van der Waals surface area contributed by atoms with Crippen LogP contribution in [0.5, 0.6) is 0 Å². The van der Waals surface area contributed by atoms with Gasteiger partial charge in [0.15, 0.2) is 0 Å². The van der Waals surface area contributed by atoms with Gasteiger partial charge in [-0.25, -0.2) is 0 Å². The van der Waals surface area contributed by atoms with Crippen molar-refractivity contribution in [2.75, 3.05) is 24.5 Å². The molecule has 0 spiro atoms. The Kier molecular flexibility index (Phi) is 4.39. The van der Waals surface area contributed by atoms with Gasteiger partial charge in [0.05, 0.1) is 0 Å². The van der Waals surface area contributed by atoms with Crippen LogP contribution in [0.3, 0.4) is 0 Å². The lowest BCUT2D eigenvalue weighted by molar-refractivity contribution is 0.523. The predicted octanol–water partition coefficient (Wildman–Crippen LogP) is 3.36. The number of rotatable bonds is 4. The van der Waals surface area contributed by atoms with Crippen molar-refractivity contribution >= 4 is 5.69 Å². The van der Waals surface area contributed by atoms with Gasteiger partial charge in [-0.2, -0.15) is 0 Å². The van der Waals surface area contributed by atoms with E-state index in [1.54, 1.807) is 5.56 Å². The van der Waals surface area contributed by atoms with Crippen LogP contribution in [0.1, 0.15) is 44.1 Å². The first kappa shape index (κ1) is 13.0. The van der Waals surface area contributed by atoms with Gasteiger partial charge in [-0.15, -0.1) is 0 Å². The Morgan fingerprint density at radius 1 is 1.05 bits per heavy atom. The number of aryl methyl sites for hydroxylation is 1. The van der Waals surface area contributed by atoms with Gasteiger partial charge in [0.25, 0.3) is 0 Å². The molecule has 2 heteroatoms. The third kappa shape index (κ3) is 3.30. The monoisotopic (exact) mass is 258 g/mol. The maximum absolute atomic E-state index is 3.74. The molecule has 1 aliphatic carbocycles. The SMILES string of the molecule is c1ccc2c(c1)CCCCN2CCNC1CCCC1. The quantitative estimate of drug-likeness (QED) is 0.891. The Morgan fingerprint density at radius 3 is 2.79 bits per heavy atom. The highest BCUT2D eigenvalue weighted by molar-refractivity contribution is 5.54. The largest absolute Gasteiger partial charge is 0.370 e. The van der Waals surface area contributed by atoms with E-state index in [2.05, 4.69) is 34.5 Å². The first-order valence-corrected chi connectivity index (χ1v) is 8.00. The summed E-state index contributed by atoms with van der Waals surface area (Å²) in [6, 6.07) is 9.76. The van der Waals surface area contributed by atoms with E-state index in [9.17, 15) is 0 Å². The Morgan fingerprint density at radius 2 is 1.89 bits per heavy atom. The van der Waals surface area contributed by atoms with Crippen molar-refractivity contribution in [2.45, 2.75) is 51.0 Å². The number of para-hydroxylation sites is 1. The molecule has 0 saturated heterocycles. The summed E-state index contributed by atoms with van der Waals surface area (Å²) < 4.78 is 0. The topological polar surface area (TPSA) is 15.3 Å². The maximum atomic E-state index is 3.74. The molecule has 1 aromatic rings. The molecule has 2 aliphatic rings. The number of nitrogens with zero attached hydrogens (tertiary/aromatic N) is 1. The molecule has 0 aromatic heterocycles. The summed E-state index contributed by atoms with van der Waals surface area (Å²) in [5.74, 6) is 0. The minimum Gasteiger partial charge on any atom is -0.370 e. The fourth-order valence-electron chi connectivity index (χ4n) is 3.54.